The Morgan fingerprint density at radius 2 is 1.59 bits per heavy atom. The highest BCUT2D eigenvalue weighted by molar-refractivity contribution is 5.32. The van der Waals surface area contributed by atoms with Gasteiger partial charge >= 0.3 is 0 Å². The molecule has 2 nitrogen and oxygen atoms in total. The van der Waals surface area contributed by atoms with Crippen molar-refractivity contribution in [3.05, 3.63) is 34.9 Å². The fourth-order valence-corrected chi connectivity index (χ4v) is 2.29. The molecule has 0 aliphatic heterocycles. The predicted octanol–water partition coefficient (Wildman–Crippen LogP) is 2.58. The Morgan fingerprint density at radius 3 is 2.06 bits per heavy atom. The van der Waals surface area contributed by atoms with Crippen molar-refractivity contribution < 1.29 is 0 Å². The third-order valence-corrected chi connectivity index (χ3v) is 4.19. The van der Waals surface area contributed by atoms with Crippen LogP contribution in [-0.2, 0) is 0 Å². The van der Waals surface area contributed by atoms with Gasteiger partial charge < -0.3 is 11.5 Å². The first kappa shape index (κ1) is 14.2. The second-order valence-electron chi connectivity index (χ2n) is 5.22. The smallest absolute Gasteiger partial charge is 0.00340 e. The van der Waals surface area contributed by atoms with E-state index < -0.39 is 0 Å². The molecule has 4 N–H and O–H groups in total. The zero-order valence-corrected chi connectivity index (χ0v) is 11.5. The van der Waals surface area contributed by atoms with Gasteiger partial charge in [0.25, 0.3) is 0 Å². The standard InChI is InChI=1S/C15H26N2/c1-10-5-6-14(7-11(10)2)12(3)13(4)15(8-16)9-17/h5-7,12-13,15H,8-9,16-17H2,1-4H3. The Hall–Kier alpha value is -0.860. The highest BCUT2D eigenvalue weighted by Gasteiger charge is 2.21. The number of benzene rings is 1. The molecular weight excluding hydrogens is 208 g/mol. The van der Waals surface area contributed by atoms with Gasteiger partial charge in [0.15, 0.2) is 0 Å². The number of hydrogen-bond acceptors (Lipinski definition) is 2. The molecule has 0 amide bonds. The van der Waals surface area contributed by atoms with Gasteiger partial charge in [-0.2, -0.15) is 0 Å². The van der Waals surface area contributed by atoms with E-state index in [4.69, 9.17) is 11.5 Å². The summed E-state index contributed by atoms with van der Waals surface area (Å²) in [6.45, 7) is 10.2. The fraction of sp³-hybridized carbons (Fsp3) is 0.600. The zero-order chi connectivity index (χ0) is 13.0. The molecule has 2 atom stereocenters. The minimum Gasteiger partial charge on any atom is -0.330 e. The third-order valence-electron chi connectivity index (χ3n) is 4.19. The summed E-state index contributed by atoms with van der Waals surface area (Å²) in [5.41, 5.74) is 15.7. The molecule has 2 heteroatoms. The lowest BCUT2D eigenvalue weighted by Gasteiger charge is -2.27. The summed E-state index contributed by atoms with van der Waals surface area (Å²) in [6, 6.07) is 6.72. The Balaban J connectivity index is 2.87. The summed E-state index contributed by atoms with van der Waals surface area (Å²) in [4.78, 5) is 0. The summed E-state index contributed by atoms with van der Waals surface area (Å²) >= 11 is 0. The van der Waals surface area contributed by atoms with Gasteiger partial charge in [-0.25, -0.2) is 0 Å². The largest absolute Gasteiger partial charge is 0.330 e. The molecule has 1 rings (SSSR count). The monoisotopic (exact) mass is 234 g/mol. The normalized spacial score (nSPS) is 15.0. The summed E-state index contributed by atoms with van der Waals surface area (Å²) in [7, 11) is 0. The average Bonchev–Trinajstić information content (AvgIpc) is 2.33. The molecule has 0 fully saturated rings. The summed E-state index contributed by atoms with van der Waals surface area (Å²) in [5, 5.41) is 0. The topological polar surface area (TPSA) is 52.0 Å². The van der Waals surface area contributed by atoms with E-state index in [1.54, 1.807) is 0 Å². The maximum absolute atomic E-state index is 5.77. The molecule has 96 valence electrons. The van der Waals surface area contributed by atoms with Crippen LogP contribution in [0.4, 0.5) is 0 Å². The van der Waals surface area contributed by atoms with E-state index in [9.17, 15) is 0 Å². The third kappa shape index (κ3) is 3.30. The van der Waals surface area contributed by atoms with Gasteiger partial charge in [-0.1, -0.05) is 32.0 Å². The minimum atomic E-state index is 0.409. The van der Waals surface area contributed by atoms with Gasteiger partial charge in [0.05, 0.1) is 0 Å². The number of nitrogens with two attached hydrogens (primary N) is 2. The van der Waals surface area contributed by atoms with Crippen LogP contribution in [0.25, 0.3) is 0 Å². The van der Waals surface area contributed by atoms with Crippen molar-refractivity contribution >= 4 is 0 Å². The Bertz CT molecular complexity index is 356. The van der Waals surface area contributed by atoms with Gasteiger partial charge in [0, 0.05) is 0 Å². The quantitative estimate of drug-likeness (QED) is 0.822. The van der Waals surface area contributed by atoms with Crippen molar-refractivity contribution in [3.8, 4) is 0 Å². The van der Waals surface area contributed by atoms with Crippen molar-refractivity contribution in [1.29, 1.82) is 0 Å². The van der Waals surface area contributed by atoms with Crippen molar-refractivity contribution in [3.63, 3.8) is 0 Å². The first-order valence-electron chi connectivity index (χ1n) is 6.48. The van der Waals surface area contributed by atoms with E-state index in [0.29, 0.717) is 30.8 Å². The van der Waals surface area contributed by atoms with E-state index in [0.717, 1.165) is 0 Å². The first-order valence-corrected chi connectivity index (χ1v) is 6.48. The molecular formula is C15H26N2. The van der Waals surface area contributed by atoms with Gasteiger partial charge in [0.2, 0.25) is 0 Å². The molecule has 0 radical (unpaired) electrons. The Morgan fingerprint density at radius 1 is 1.00 bits per heavy atom. The highest BCUT2D eigenvalue weighted by Crippen LogP contribution is 2.30. The molecule has 17 heavy (non-hydrogen) atoms. The van der Waals surface area contributed by atoms with Gasteiger partial charge in [-0.3, -0.25) is 0 Å². The van der Waals surface area contributed by atoms with Crippen LogP contribution in [0.15, 0.2) is 18.2 Å². The summed E-state index contributed by atoms with van der Waals surface area (Å²) < 4.78 is 0. The molecule has 0 aliphatic carbocycles. The lowest BCUT2D eigenvalue weighted by atomic mass is 9.79. The van der Waals surface area contributed by atoms with Gasteiger partial charge in [-0.05, 0) is 61.4 Å². The van der Waals surface area contributed by atoms with Crippen LogP contribution in [0.5, 0.6) is 0 Å². The molecule has 0 heterocycles. The molecule has 0 bridgehead atoms. The molecule has 0 aromatic heterocycles. The minimum absolute atomic E-state index is 0.409. The van der Waals surface area contributed by atoms with Crippen molar-refractivity contribution in [2.75, 3.05) is 13.1 Å². The van der Waals surface area contributed by atoms with E-state index in [1.165, 1.54) is 16.7 Å². The molecule has 0 aliphatic rings. The van der Waals surface area contributed by atoms with Crippen LogP contribution in [-0.4, -0.2) is 13.1 Å². The van der Waals surface area contributed by atoms with Crippen molar-refractivity contribution in [2.45, 2.75) is 33.6 Å². The van der Waals surface area contributed by atoms with Crippen LogP contribution in [0.3, 0.4) is 0 Å². The molecule has 0 spiro atoms. The van der Waals surface area contributed by atoms with Crippen LogP contribution >= 0.6 is 0 Å². The fourth-order valence-electron chi connectivity index (χ4n) is 2.29. The lowest BCUT2D eigenvalue weighted by molar-refractivity contribution is 0.328. The maximum atomic E-state index is 5.77. The summed E-state index contributed by atoms with van der Waals surface area (Å²) in [5.74, 6) is 1.44. The van der Waals surface area contributed by atoms with Crippen LogP contribution in [0.1, 0.15) is 36.5 Å². The number of hydrogen-bond donors (Lipinski definition) is 2. The Kier molecular flexibility index (Phi) is 5.16. The lowest BCUT2D eigenvalue weighted by Crippen LogP contribution is -2.31. The SMILES string of the molecule is Cc1ccc(C(C)C(C)C(CN)CN)cc1C. The van der Waals surface area contributed by atoms with E-state index in [-0.39, 0.29) is 0 Å². The second kappa shape index (κ2) is 6.18. The summed E-state index contributed by atoms with van der Waals surface area (Å²) in [6.07, 6.45) is 0. The van der Waals surface area contributed by atoms with Crippen LogP contribution in [0, 0.1) is 25.7 Å². The van der Waals surface area contributed by atoms with E-state index in [1.807, 2.05) is 0 Å². The molecule has 2 unspecified atom stereocenters. The molecule has 0 saturated carbocycles. The molecule has 1 aromatic rings. The molecule has 0 saturated heterocycles. The van der Waals surface area contributed by atoms with Gasteiger partial charge in [0.1, 0.15) is 0 Å². The van der Waals surface area contributed by atoms with Crippen LogP contribution in [0.2, 0.25) is 0 Å². The first-order chi connectivity index (χ1) is 8.01. The van der Waals surface area contributed by atoms with Crippen LogP contribution < -0.4 is 11.5 Å². The van der Waals surface area contributed by atoms with E-state index in [2.05, 4.69) is 45.9 Å². The van der Waals surface area contributed by atoms with E-state index >= 15 is 0 Å². The highest BCUT2D eigenvalue weighted by atomic mass is 14.6. The average molecular weight is 234 g/mol. The molecule has 1 aromatic carbocycles. The second-order valence-corrected chi connectivity index (χ2v) is 5.22. The van der Waals surface area contributed by atoms with Crippen molar-refractivity contribution in [2.24, 2.45) is 23.3 Å². The number of aryl methyl sites for hydroxylation is 2. The maximum Gasteiger partial charge on any atom is -0.00340 e. The van der Waals surface area contributed by atoms with Crippen molar-refractivity contribution in [1.82, 2.24) is 0 Å². The predicted molar refractivity (Wildman–Crippen MR) is 75.1 cm³/mol. The number of rotatable bonds is 5. The van der Waals surface area contributed by atoms with Gasteiger partial charge in [-0.15, -0.1) is 0 Å². The Labute approximate surface area is 105 Å². The zero-order valence-electron chi connectivity index (χ0n) is 11.5.